The molecule has 58 valence electrons. The molecule has 0 heterocycles. The topological polar surface area (TPSA) is 0 Å². The fourth-order valence-corrected chi connectivity index (χ4v) is 3.18. The first-order valence-corrected chi connectivity index (χ1v) is 4.62. The zero-order valence-corrected chi connectivity index (χ0v) is 7.35. The molecule has 3 rings (SSSR count). The van der Waals surface area contributed by atoms with Crippen molar-refractivity contribution in [3.8, 4) is 0 Å². The first kappa shape index (κ1) is 6.69. The second-order valence-corrected chi connectivity index (χ2v) is 4.92. The van der Waals surface area contributed by atoms with Crippen LogP contribution in [0.5, 0.6) is 0 Å². The number of rotatable bonds is 0. The first-order valence-electron chi connectivity index (χ1n) is 4.62. The molecule has 3 fully saturated rings. The number of hydrogen-bond donors (Lipinski definition) is 0. The van der Waals surface area contributed by atoms with Gasteiger partial charge in [-0.25, -0.2) is 0 Å². The van der Waals surface area contributed by atoms with E-state index in [1.165, 1.54) is 19.3 Å². The Morgan fingerprint density at radius 3 is 2.20 bits per heavy atom. The Bertz CT molecular complexity index is 144. The highest BCUT2D eigenvalue weighted by Gasteiger charge is 2.52. The van der Waals surface area contributed by atoms with Crippen LogP contribution in [-0.4, -0.2) is 0 Å². The smallest absolute Gasteiger partial charge is 0.0295 e. The Labute approximate surface area is 64.0 Å². The third kappa shape index (κ3) is 0.627. The van der Waals surface area contributed by atoms with Gasteiger partial charge in [-0.3, -0.25) is 0 Å². The molecule has 2 bridgehead atoms. The van der Waals surface area contributed by atoms with E-state index in [0.29, 0.717) is 5.41 Å². The minimum absolute atomic E-state index is 0.706. The summed E-state index contributed by atoms with van der Waals surface area (Å²) in [6, 6.07) is 0. The molecule has 3 aliphatic rings. The molecule has 0 aromatic carbocycles. The van der Waals surface area contributed by atoms with E-state index in [-0.39, 0.29) is 0 Å². The third-order valence-electron chi connectivity index (χ3n) is 4.20. The molecule has 10 heavy (non-hydrogen) atoms. The molecule has 0 aromatic heterocycles. The monoisotopic (exact) mass is 138 g/mol. The zero-order chi connectivity index (χ0) is 7.35. The Balaban J connectivity index is 2.16. The average Bonchev–Trinajstić information content (AvgIpc) is 1.87. The van der Waals surface area contributed by atoms with E-state index in [4.69, 9.17) is 0 Å². The fourth-order valence-electron chi connectivity index (χ4n) is 3.18. The Kier molecular flexibility index (Phi) is 1.19. The van der Waals surface area contributed by atoms with Gasteiger partial charge in [0.15, 0.2) is 0 Å². The van der Waals surface area contributed by atoms with Crippen molar-refractivity contribution in [1.29, 1.82) is 0 Å². The van der Waals surface area contributed by atoms with Crippen molar-refractivity contribution in [3.63, 3.8) is 0 Å². The van der Waals surface area contributed by atoms with Crippen LogP contribution < -0.4 is 0 Å². The van der Waals surface area contributed by atoms with Gasteiger partial charge in [-0.05, 0) is 36.0 Å². The summed E-state index contributed by atoms with van der Waals surface area (Å²) in [6.45, 7) is 7.35. The quantitative estimate of drug-likeness (QED) is 0.482. The molecule has 3 aliphatic carbocycles. The molecule has 0 N–H and O–H groups in total. The van der Waals surface area contributed by atoms with Crippen LogP contribution in [0, 0.1) is 23.2 Å². The summed E-state index contributed by atoms with van der Waals surface area (Å²) >= 11 is 0. The maximum atomic E-state index is 2.46. The lowest BCUT2D eigenvalue weighted by Crippen LogP contribution is -2.51. The minimum atomic E-state index is 0.706. The normalized spacial score (nSPS) is 50.1. The summed E-state index contributed by atoms with van der Waals surface area (Å²) in [5, 5.41) is 0. The lowest BCUT2D eigenvalue weighted by atomic mass is 9.46. The van der Waals surface area contributed by atoms with Crippen LogP contribution in [0.25, 0.3) is 0 Å². The molecule has 0 amide bonds. The molecule has 0 saturated heterocycles. The molecule has 2 unspecified atom stereocenters. The summed E-state index contributed by atoms with van der Waals surface area (Å²) in [4.78, 5) is 0. The van der Waals surface area contributed by atoms with Crippen LogP contribution in [-0.2, 0) is 0 Å². The summed E-state index contributed by atoms with van der Waals surface area (Å²) in [7, 11) is 0. The fraction of sp³-hybridized carbons (Fsp3) is 1.00. The van der Waals surface area contributed by atoms with Crippen molar-refractivity contribution in [2.75, 3.05) is 0 Å². The van der Waals surface area contributed by atoms with Gasteiger partial charge < -0.3 is 0 Å². The molecule has 0 aromatic rings. The van der Waals surface area contributed by atoms with E-state index in [0.717, 1.165) is 17.8 Å². The van der Waals surface area contributed by atoms with Crippen LogP contribution in [0.4, 0.5) is 0 Å². The lowest BCUT2D eigenvalue weighted by Gasteiger charge is -2.59. The van der Waals surface area contributed by atoms with Crippen molar-refractivity contribution < 1.29 is 0 Å². The highest BCUT2D eigenvalue weighted by Crippen LogP contribution is 2.61. The summed E-state index contributed by atoms with van der Waals surface area (Å²) in [5.74, 6) is 3.15. The minimum Gasteiger partial charge on any atom is -0.0622 e. The third-order valence-corrected chi connectivity index (χ3v) is 4.20. The molecule has 3 saturated carbocycles. The second-order valence-electron chi connectivity index (χ2n) is 4.92. The van der Waals surface area contributed by atoms with E-state index in [1.807, 2.05) is 0 Å². The van der Waals surface area contributed by atoms with E-state index in [1.54, 1.807) is 0 Å². The van der Waals surface area contributed by atoms with E-state index >= 15 is 0 Å². The highest BCUT2D eigenvalue weighted by molar-refractivity contribution is 5.01. The molecule has 3 atom stereocenters. The molecule has 0 radical (unpaired) electrons. The van der Waals surface area contributed by atoms with Gasteiger partial charge in [0, 0.05) is 0 Å². The molecular weight excluding hydrogens is 120 g/mol. The SMILES string of the molecule is CC1CCC2C[C@H]1C2(C)C. The maximum Gasteiger partial charge on any atom is -0.0295 e. The largest absolute Gasteiger partial charge is 0.0622 e. The Hall–Kier alpha value is 0. The van der Waals surface area contributed by atoms with Gasteiger partial charge in [0.05, 0.1) is 0 Å². The first-order chi connectivity index (χ1) is 4.62. The van der Waals surface area contributed by atoms with Crippen LogP contribution in [0.15, 0.2) is 0 Å². The lowest BCUT2D eigenvalue weighted by molar-refractivity contribution is -0.0988. The molecule has 0 heteroatoms. The van der Waals surface area contributed by atoms with E-state index in [2.05, 4.69) is 20.8 Å². The van der Waals surface area contributed by atoms with Crippen LogP contribution in [0.3, 0.4) is 0 Å². The zero-order valence-electron chi connectivity index (χ0n) is 7.35. The number of hydrogen-bond acceptors (Lipinski definition) is 0. The molecular formula is C10H18. The van der Waals surface area contributed by atoms with E-state index in [9.17, 15) is 0 Å². The van der Waals surface area contributed by atoms with Gasteiger partial charge >= 0.3 is 0 Å². The Morgan fingerprint density at radius 2 is 1.90 bits per heavy atom. The maximum absolute atomic E-state index is 2.46. The van der Waals surface area contributed by atoms with Gasteiger partial charge in [0.25, 0.3) is 0 Å². The van der Waals surface area contributed by atoms with Crippen molar-refractivity contribution in [2.24, 2.45) is 23.2 Å². The van der Waals surface area contributed by atoms with Crippen molar-refractivity contribution in [3.05, 3.63) is 0 Å². The van der Waals surface area contributed by atoms with Gasteiger partial charge in [-0.2, -0.15) is 0 Å². The van der Waals surface area contributed by atoms with Crippen LogP contribution >= 0.6 is 0 Å². The summed E-state index contributed by atoms with van der Waals surface area (Å²) < 4.78 is 0. The van der Waals surface area contributed by atoms with Gasteiger partial charge in [0.2, 0.25) is 0 Å². The van der Waals surface area contributed by atoms with Gasteiger partial charge in [-0.15, -0.1) is 0 Å². The Morgan fingerprint density at radius 1 is 1.20 bits per heavy atom. The van der Waals surface area contributed by atoms with Crippen LogP contribution in [0.1, 0.15) is 40.0 Å². The average molecular weight is 138 g/mol. The van der Waals surface area contributed by atoms with Gasteiger partial charge in [-0.1, -0.05) is 27.2 Å². The number of fused-ring (bicyclic) bond motifs is 2. The van der Waals surface area contributed by atoms with Gasteiger partial charge in [0.1, 0.15) is 0 Å². The standard InChI is InChI=1S/C10H18/c1-7-4-5-8-6-9(7)10(8,2)3/h7-9H,4-6H2,1-3H3/t7?,8?,9-/m1/s1. The van der Waals surface area contributed by atoms with E-state index < -0.39 is 0 Å². The van der Waals surface area contributed by atoms with Crippen molar-refractivity contribution in [2.45, 2.75) is 40.0 Å². The van der Waals surface area contributed by atoms with Crippen molar-refractivity contribution in [1.82, 2.24) is 0 Å². The predicted octanol–water partition coefficient (Wildman–Crippen LogP) is 3.08. The summed E-state index contributed by atoms with van der Waals surface area (Å²) in [5.41, 5.74) is 0.706. The van der Waals surface area contributed by atoms with Crippen molar-refractivity contribution >= 4 is 0 Å². The highest BCUT2D eigenvalue weighted by atomic mass is 14.6. The molecule has 0 spiro atoms. The molecule has 0 aliphatic heterocycles. The molecule has 0 nitrogen and oxygen atoms in total. The predicted molar refractivity (Wildman–Crippen MR) is 43.8 cm³/mol. The summed E-state index contributed by atoms with van der Waals surface area (Å²) in [6.07, 6.45) is 4.54. The second kappa shape index (κ2) is 1.78. The van der Waals surface area contributed by atoms with Crippen LogP contribution in [0.2, 0.25) is 0 Å².